The van der Waals surface area contributed by atoms with Gasteiger partial charge >= 0.3 is 6.03 Å². The van der Waals surface area contributed by atoms with Crippen molar-refractivity contribution < 1.29 is 9.53 Å². The summed E-state index contributed by atoms with van der Waals surface area (Å²) in [4.78, 5) is 14.8. The first-order valence-electron chi connectivity index (χ1n) is 9.82. The van der Waals surface area contributed by atoms with Gasteiger partial charge in [0.25, 0.3) is 0 Å². The molecule has 150 valence electrons. The number of anilines is 1. The third kappa shape index (κ3) is 4.78. The van der Waals surface area contributed by atoms with Gasteiger partial charge in [-0.25, -0.2) is 4.79 Å². The first-order chi connectivity index (χ1) is 14.2. The fourth-order valence-corrected chi connectivity index (χ4v) is 3.71. The third-order valence-electron chi connectivity index (χ3n) is 5.29. The molecule has 0 radical (unpaired) electrons. The highest BCUT2D eigenvalue weighted by atomic mass is 16.5. The van der Waals surface area contributed by atoms with Crippen LogP contribution in [-0.4, -0.2) is 35.2 Å². The van der Waals surface area contributed by atoms with E-state index in [1.54, 1.807) is 7.11 Å². The Kier molecular flexibility index (Phi) is 5.81. The average Bonchev–Trinajstić information content (AvgIpc) is 3.20. The van der Waals surface area contributed by atoms with E-state index in [-0.39, 0.29) is 12.1 Å². The lowest BCUT2D eigenvalue weighted by Crippen LogP contribution is -2.49. The molecule has 0 fully saturated rings. The molecule has 1 atom stereocenters. The Labute approximate surface area is 171 Å². The minimum Gasteiger partial charge on any atom is -0.497 e. The van der Waals surface area contributed by atoms with Crippen molar-refractivity contribution in [2.24, 2.45) is 0 Å². The van der Waals surface area contributed by atoms with Crippen molar-refractivity contribution in [3.8, 4) is 5.75 Å². The molecule has 0 aliphatic carbocycles. The largest absolute Gasteiger partial charge is 0.497 e. The number of nitrogens with one attached hydrogen (secondary N) is 2. The summed E-state index contributed by atoms with van der Waals surface area (Å²) in [6, 6.07) is 22.0. The molecule has 6 nitrogen and oxygen atoms in total. The molecule has 0 saturated carbocycles. The SMILES string of the molecule is COc1ccc(NC(=O)NCC2Cn3cccc3CN2Cc2ccccc2)cc1. The van der Waals surface area contributed by atoms with Gasteiger partial charge in [-0.2, -0.15) is 0 Å². The number of fused-ring (bicyclic) bond motifs is 1. The third-order valence-corrected chi connectivity index (χ3v) is 5.29. The van der Waals surface area contributed by atoms with E-state index < -0.39 is 0 Å². The van der Waals surface area contributed by atoms with E-state index in [0.717, 1.165) is 31.1 Å². The van der Waals surface area contributed by atoms with Gasteiger partial charge in [-0.1, -0.05) is 30.3 Å². The van der Waals surface area contributed by atoms with Crippen molar-refractivity contribution in [2.75, 3.05) is 19.0 Å². The fourth-order valence-electron chi connectivity index (χ4n) is 3.71. The molecule has 2 N–H and O–H groups in total. The van der Waals surface area contributed by atoms with Crippen molar-refractivity contribution in [2.45, 2.75) is 25.7 Å². The minimum absolute atomic E-state index is 0.201. The van der Waals surface area contributed by atoms with Gasteiger partial charge in [0.15, 0.2) is 0 Å². The number of hydrogen-bond acceptors (Lipinski definition) is 3. The van der Waals surface area contributed by atoms with Crippen molar-refractivity contribution >= 4 is 11.7 Å². The maximum Gasteiger partial charge on any atom is 0.319 e. The molecule has 2 heterocycles. The number of aromatic nitrogens is 1. The molecular weight excluding hydrogens is 364 g/mol. The summed E-state index contributed by atoms with van der Waals surface area (Å²) in [6.45, 7) is 3.16. The summed E-state index contributed by atoms with van der Waals surface area (Å²) in [6.07, 6.45) is 2.11. The van der Waals surface area contributed by atoms with Gasteiger partial charge in [0.1, 0.15) is 5.75 Å². The molecular formula is C23H26N4O2. The summed E-state index contributed by atoms with van der Waals surface area (Å²) >= 11 is 0. The minimum atomic E-state index is -0.201. The van der Waals surface area contributed by atoms with Crippen LogP contribution in [0.15, 0.2) is 72.9 Å². The number of amides is 2. The highest BCUT2D eigenvalue weighted by Gasteiger charge is 2.26. The van der Waals surface area contributed by atoms with Crippen LogP contribution >= 0.6 is 0 Å². The van der Waals surface area contributed by atoms with Crippen LogP contribution in [0.4, 0.5) is 10.5 Å². The van der Waals surface area contributed by atoms with E-state index in [4.69, 9.17) is 4.74 Å². The van der Waals surface area contributed by atoms with E-state index >= 15 is 0 Å². The molecule has 2 amide bonds. The fraction of sp³-hybridized carbons (Fsp3) is 0.261. The summed E-state index contributed by atoms with van der Waals surface area (Å²) in [7, 11) is 1.62. The van der Waals surface area contributed by atoms with E-state index in [9.17, 15) is 4.79 Å². The maximum absolute atomic E-state index is 12.4. The van der Waals surface area contributed by atoms with Crippen LogP contribution in [0.5, 0.6) is 5.75 Å². The highest BCUT2D eigenvalue weighted by Crippen LogP contribution is 2.21. The number of rotatable bonds is 6. The predicted octanol–water partition coefficient (Wildman–Crippen LogP) is 3.70. The standard InChI is InChI=1S/C23H26N4O2/c1-29-22-11-9-19(10-12-22)25-23(28)24-14-21-17-26-13-5-8-20(26)16-27(21)15-18-6-3-2-4-7-18/h2-13,21H,14-17H2,1H3,(H2,24,25,28). The van der Waals surface area contributed by atoms with E-state index in [1.807, 2.05) is 30.3 Å². The number of carbonyl (C=O) groups excluding carboxylic acids is 1. The Balaban J connectivity index is 1.38. The van der Waals surface area contributed by atoms with Crippen LogP contribution in [0, 0.1) is 0 Å². The second-order valence-electron chi connectivity index (χ2n) is 7.26. The van der Waals surface area contributed by atoms with Gasteiger partial charge < -0.3 is 19.9 Å². The van der Waals surface area contributed by atoms with Gasteiger partial charge in [0.05, 0.1) is 7.11 Å². The number of nitrogens with zero attached hydrogens (tertiary/aromatic N) is 2. The zero-order valence-corrected chi connectivity index (χ0v) is 16.5. The maximum atomic E-state index is 12.4. The molecule has 29 heavy (non-hydrogen) atoms. The molecule has 1 unspecified atom stereocenters. The molecule has 4 rings (SSSR count). The zero-order chi connectivity index (χ0) is 20.1. The number of methoxy groups -OCH3 is 1. The van der Waals surface area contributed by atoms with E-state index in [0.29, 0.717) is 6.54 Å². The van der Waals surface area contributed by atoms with Gasteiger partial charge in [0.2, 0.25) is 0 Å². The Bertz CT molecular complexity index is 937. The highest BCUT2D eigenvalue weighted by molar-refractivity contribution is 5.89. The molecule has 1 aliphatic heterocycles. The Morgan fingerprint density at radius 1 is 1.07 bits per heavy atom. The van der Waals surface area contributed by atoms with Crippen LogP contribution in [0.25, 0.3) is 0 Å². The summed E-state index contributed by atoms with van der Waals surface area (Å²) in [5, 5.41) is 5.91. The van der Waals surface area contributed by atoms with E-state index in [2.05, 4.69) is 62.7 Å². The Morgan fingerprint density at radius 3 is 2.62 bits per heavy atom. The number of carbonyl (C=O) groups is 1. The van der Waals surface area contributed by atoms with Crippen molar-refractivity contribution in [3.05, 3.63) is 84.2 Å². The topological polar surface area (TPSA) is 58.5 Å². The molecule has 1 aliphatic rings. The van der Waals surface area contributed by atoms with Crippen LogP contribution in [-0.2, 0) is 19.6 Å². The second kappa shape index (κ2) is 8.84. The molecule has 3 aromatic rings. The summed E-state index contributed by atoms with van der Waals surface area (Å²) < 4.78 is 7.42. The Morgan fingerprint density at radius 2 is 1.86 bits per heavy atom. The van der Waals surface area contributed by atoms with Crippen LogP contribution in [0.3, 0.4) is 0 Å². The van der Waals surface area contributed by atoms with E-state index in [1.165, 1.54) is 11.3 Å². The second-order valence-corrected chi connectivity index (χ2v) is 7.26. The average molecular weight is 390 g/mol. The summed E-state index contributed by atoms with van der Waals surface area (Å²) in [5.74, 6) is 0.761. The van der Waals surface area contributed by atoms with Gasteiger partial charge in [-0.15, -0.1) is 0 Å². The lowest BCUT2D eigenvalue weighted by atomic mass is 10.1. The van der Waals surface area contributed by atoms with Crippen LogP contribution < -0.4 is 15.4 Å². The lowest BCUT2D eigenvalue weighted by Gasteiger charge is -2.37. The molecule has 0 bridgehead atoms. The molecule has 0 saturated heterocycles. The first-order valence-corrected chi connectivity index (χ1v) is 9.82. The van der Waals surface area contributed by atoms with Gasteiger partial charge in [-0.3, -0.25) is 4.90 Å². The van der Waals surface area contributed by atoms with Crippen molar-refractivity contribution in [3.63, 3.8) is 0 Å². The van der Waals surface area contributed by atoms with Gasteiger partial charge in [0, 0.05) is 49.8 Å². The van der Waals surface area contributed by atoms with Crippen molar-refractivity contribution in [1.82, 2.24) is 14.8 Å². The molecule has 1 aromatic heterocycles. The summed E-state index contributed by atoms with van der Waals surface area (Å²) in [5.41, 5.74) is 3.32. The quantitative estimate of drug-likeness (QED) is 0.675. The number of benzene rings is 2. The number of urea groups is 1. The number of ether oxygens (including phenoxy) is 1. The lowest BCUT2D eigenvalue weighted by molar-refractivity contribution is 0.130. The molecule has 0 spiro atoms. The number of hydrogen-bond donors (Lipinski definition) is 2. The zero-order valence-electron chi connectivity index (χ0n) is 16.5. The first kappa shape index (κ1) is 19.1. The monoisotopic (exact) mass is 390 g/mol. The van der Waals surface area contributed by atoms with Crippen LogP contribution in [0.2, 0.25) is 0 Å². The van der Waals surface area contributed by atoms with Crippen molar-refractivity contribution in [1.29, 1.82) is 0 Å². The Hall–Kier alpha value is -3.25. The van der Waals surface area contributed by atoms with Crippen LogP contribution in [0.1, 0.15) is 11.3 Å². The predicted molar refractivity (Wildman–Crippen MR) is 114 cm³/mol. The normalized spacial score (nSPS) is 16.1. The smallest absolute Gasteiger partial charge is 0.319 e. The molecule has 2 aromatic carbocycles. The van der Waals surface area contributed by atoms with Gasteiger partial charge in [-0.05, 0) is 42.0 Å². The molecule has 6 heteroatoms.